The first kappa shape index (κ1) is 13.0. The van der Waals surface area contributed by atoms with Crippen molar-refractivity contribution in [3.63, 3.8) is 0 Å². The maximum Gasteiger partial charge on any atom is 0.179 e. The summed E-state index contributed by atoms with van der Waals surface area (Å²) >= 11 is 5.33. The molecule has 0 radical (unpaired) electrons. The van der Waals surface area contributed by atoms with E-state index in [1.165, 1.54) is 6.07 Å². The molecule has 0 aliphatic heterocycles. The quantitative estimate of drug-likeness (QED) is 0.744. The monoisotopic (exact) mass is 287 g/mol. The van der Waals surface area contributed by atoms with Gasteiger partial charge in [-0.25, -0.2) is 9.37 Å². The summed E-state index contributed by atoms with van der Waals surface area (Å²) < 4.78 is 16.2. The minimum atomic E-state index is -0.178. The van der Waals surface area contributed by atoms with Crippen molar-refractivity contribution in [1.82, 2.24) is 14.5 Å². The van der Waals surface area contributed by atoms with E-state index in [1.807, 2.05) is 23.6 Å². The van der Waals surface area contributed by atoms with E-state index in [2.05, 4.69) is 9.97 Å². The summed E-state index contributed by atoms with van der Waals surface area (Å²) in [6.45, 7) is 2.62. The summed E-state index contributed by atoms with van der Waals surface area (Å²) in [5.41, 5.74) is 3.57. The molecule has 0 spiro atoms. The van der Waals surface area contributed by atoms with Gasteiger partial charge in [0.15, 0.2) is 10.4 Å². The summed E-state index contributed by atoms with van der Waals surface area (Å²) in [5.74, 6) is -0.178. The average Bonchev–Trinajstić information content (AvgIpc) is 2.76. The second kappa shape index (κ2) is 5.17. The topological polar surface area (TPSA) is 33.6 Å². The number of aryl methyl sites for hydroxylation is 3. The highest BCUT2D eigenvalue weighted by atomic mass is 32.1. The number of imidazole rings is 1. The van der Waals surface area contributed by atoms with Crippen molar-refractivity contribution in [3.05, 3.63) is 58.2 Å². The summed E-state index contributed by atoms with van der Waals surface area (Å²) in [6.07, 6.45) is 2.35. The van der Waals surface area contributed by atoms with Crippen LogP contribution in [-0.4, -0.2) is 14.5 Å². The molecule has 0 aliphatic rings. The van der Waals surface area contributed by atoms with Gasteiger partial charge in [-0.15, -0.1) is 0 Å². The number of rotatable bonds is 3. The van der Waals surface area contributed by atoms with Gasteiger partial charge in [0.25, 0.3) is 0 Å². The number of hydrogen-bond donors (Lipinski definition) is 1. The molecule has 2 heterocycles. The van der Waals surface area contributed by atoms with E-state index in [-0.39, 0.29) is 5.82 Å². The zero-order valence-corrected chi connectivity index (χ0v) is 11.9. The third-order valence-electron chi connectivity index (χ3n) is 3.43. The Morgan fingerprint density at radius 1 is 1.30 bits per heavy atom. The van der Waals surface area contributed by atoms with Gasteiger partial charge in [-0.05, 0) is 48.8 Å². The molecule has 0 bridgehead atoms. The molecule has 5 heteroatoms. The fraction of sp³-hybridized carbons (Fsp3) is 0.200. The highest BCUT2D eigenvalue weighted by Crippen LogP contribution is 2.16. The first-order valence-electron chi connectivity index (χ1n) is 6.44. The van der Waals surface area contributed by atoms with E-state index in [4.69, 9.17) is 12.2 Å². The van der Waals surface area contributed by atoms with Crippen LogP contribution in [0.25, 0.3) is 11.2 Å². The fourth-order valence-electron chi connectivity index (χ4n) is 2.31. The largest absolute Gasteiger partial charge is 0.329 e. The molecule has 0 amide bonds. The number of hydrogen-bond acceptors (Lipinski definition) is 2. The number of aromatic nitrogens is 3. The standard InChI is InChI=1S/C15H14FN3S/c1-10-6-8-17-14-13(10)18-15(20)19(14)9-7-11-4-2-3-5-12(11)16/h2-6,8H,7,9H2,1H3,(H,18,20). The number of nitrogens with zero attached hydrogens (tertiary/aromatic N) is 2. The minimum absolute atomic E-state index is 0.178. The molecule has 20 heavy (non-hydrogen) atoms. The molecule has 0 atom stereocenters. The summed E-state index contributed by atoms with van der Waals surface area (Å²) in [7, 11) is 0. The lowest BCUT2D eigenvalue weighted by molar-refractivity contribution is 0.594. The molecule has 3 aromatic rings. The van der Waals surface area contributed by atoms with Crippen LogP contribution in [0.1, 0.15) is 11.1 Å². The Bertz CT molecular complexity index is 819. The molecule has 3 rings (SSSR count). The Balaban J connectivity index is 1.96. The number of halogens is 1. The van der Waals surface area contributed by atoms with Crippen LogP contribution in [0.15, 0.2) is 36.5 Å². The van der Waals surface area contributed by atoms with E-state index < -0.39 is 0 Å². The van der Waals surface area contributed by atoms with Crippen LogP contribution in [0.5, 0.6) is 0 Å². The summed E-state index contributed by atoms with van der Waals surface area (Å²) in [4.78, 5) is 7.54. The van der Waals surface area contributed by atoms with Gasteiger partial charge in [0.2, 0.25) is 0 Å². The number of fused-ring (bicyclic) bond motifs is 1. The predicted molar refractivity (Wildman–Crippen MR) is 79.8 cm³/mol. The van der Waals surface area contributed by atoms with Gasteiger partial charge in [0.05, 0.1) is 5.52 Å². The van der Waals surface area contributed by atoms with Crippen LogP contribution < -0.4 is 0 Å². The van der Waals surface area contributed by atoms with Crippen LogP contribution in [-0.2, 0) is 13.0 Å². The van der Waals surface area contributed by atoms with E-state index in [9.17, 15) is 4.39 Å². The Hall–Kier alpha value is -2.01. The maximum absolute atomic E-state index is 13.6. The Labute approximate surface area is 121 Å². The average molecular weight is 287 g/mol. The second-order valence-electron chi connectivity index (χ2n) is 4.75. The SMILES string of the molecule is Cc1ccnc2c1[nH]c(=S)n2CCc1ccccc1F. The van der Waals surface area contributed by atoms with E-state index in [0.717, 1.165) is 16.7 Å². The smallest absolute Gasteiger partial charge is 0.179 e. The van der Waals surface area contributed by atoms with Gasteiger partial charge in [-0.2, -0.15) is 0 Å². The van der Waals surface area contributed by atoms with Gasteiger partial charge in [0.1, 0.15) is 5.82 Å². The first-order valence-corrected chi connectivity index (χ1v) is 6.85. The van der Waals surface area contributed by atoms with Gasteiger partial charge < -0.3 is 9.55 Å². The Morgan fingerprint density at radius 2 is 2.10 bits per heavy atom. The van der Waals surface area contributed by atoms with Crippen molar-refractivity contribution in [3.8, 4) is 0 Å². The number of aromatic amines is 1. The first-order chi connectivity index (χ1) is 9.66. The molecule has 1 aromatic carbocycles. The van der Waals surface area contributed by atoms with Crippen LogP contribution in [0.2, 0.25) is 0 Å². The molecular weight excluding hydrogens is 273 g/mol. The van der Waals surface area contributed by atoms with E-state index in [0.29, 0.717) is 23.3 Å². The summed E-state index contributed by atoms with van der Waals surface area (Å²) in [6, 6.07) is 8.75. The number of H-pyrrole nitrogens is 1. The molecule has 0 fully saturated rings. The van der Waals surface area contributed by atoms with E-state index >= 15 is 0 Å². The zero-order chi connectivity index (χ0) is 14.1. The van der Waals surface area contributed by atoms with Crippen LogP contribution in [0.3, 0.4) is 0 Å². The highest BCUT2D eigenvalue weighted by Gasteiger charge is 2.08. The zero-order valence-electron chi connectivity index (χ0n) is 11.1. The third kappa shape index (κ3) is 2.25. The minimum Gasteiger partial charge on any atom is -0.329 e. The molecule has 3 nitrogen and oxygen atoms in total. The molecular formula is C15H14FN3S. The molecule has 0 unspecified atom stereocenters. The van der Waals surface area contributed by atoms with Crippen molar-refractivity contribution >= 4 is 23.4 Å². The van der Waals surface area contributed by atoms with Crippen molar-refractivity contribution in [2.24, 2.45) is 0 Å². The van der Waals surface area contributed by atoms with Gasteiger partial charge in [-0.3, -0.25) is 0 Å². The van der Waals surface area contributed by atoms with Gasteiger partial charge in [0, 0.05) is 12.7 Å². The lowest BCUT2D eigenvalue weighted by Crippen LogP contribution is -2.03. The normalized spacial score (nSPS) is 11.1. The fourth-order valence-corrected chi connectivity index (χ4v) is 2.59. The predicted octanol–water partition coefficient (Wildman–Crippen LogP) is 3.78. The second-order valence-corrected chi connectivity index (χ2v) is 5.14. The maximum atomic E-state index is 13.6. The third-order valence-corrected chi connectivity index (χ3v) is 3.76. The molecule has 0 saturated carbocycles. The highest BCUT2D eigenvalue weighted by molar-refractivity contribution is 7.71. The lowest BCUT2D eigenvalue weighted by atomic mass is 10.1. The molecule has 102 valence electrons. The van der Waals surface area contributed by atoms with Gasteiger partial charge in [-0.1, -0.05) is 18.2 Å². The summed E-state index contributed by atoms with van der Waals surface area (Å²) in [5, 5.41) is 0. The van der Waals surface area contributed by atoms with Crippen LogP contribution in [0, 0.1) is 17.5 Å². The number of pyridine rings is 1. The van der Waals surface area contributed by atoms with Crippen LogP contribution >= 0.6 is 12.2 Å². The number of benzene rings is 1. The van der Waals surface area contributed by atoms with Gasteiger partial charge >= 0.3 is 0 Å². The van der Waals surface area contributed by atoms with E-state index in [1.54, 1.807) is 18.3 Å². The van der Waals surface area contributed by atoms with Crippen LogP contribution in [0.4, 0.5) is 4.39 Å². The van der Waals surface area contributed by atoms with Crippen molar-refractivity contribution in [2.75, 3.05) is 0 Å². The lowest BCUT2D eigenvalue weighted by Gasteiger charge is -2.05. The van der Waals surface area contributed by atoms with Crippen molar-refractivity contribution in [2.45, 2.75) is 19.9 Å². The van der Waals surface area contributed by atoms with Crippen molar-refractivity contribution in [1.29, 1.82) is 0 Å². The Kier molecular flexibility index (Phi) is 3.36. The Morgan fingerprint density at radius 3 is 2.90 bits per heavy atom. The molecule has 0 aliphatic carbocycles. The van der Waals surface area contributed by atoms with Crippen molar-refractivity contribution < 1.29 is 4.39 Å². The molecule has 2 aromatic heterocycles. The molecule has 1 N–H and O–H groups in total. The number of nitrogens with one attached hydrogen (secondary N) is 1. The molecule has 0 saturated heterocycles.